The molecule has 0 aromatic carbocycles. The summed E-state index contributed by atoms with van der Waals surface area (Å²) in [6.45, 7) is 7.53. The topological polar surface area (TPSA) is 61.7 Å². The van der Waals surface area contributed by atoms with E-state index in [1.807, 2.05) is 18.7 Å². The van der Waals surface area contributed by atoms with Gasteiger partial charge in [-0.15, -0.1) is 0 Å². The monoisotopic (exact) mass is 233 g/mol. The highest BCUT2D eigenvalue weighted by atomic mass is 15.3. The molecular weight excluding hydrogens is 214 g/mol. The molecule has 5 heteroatoms. The summed E-state index contributed by atoms with van der Waals surface area (Å²) in [5, 5.41) is 4.39. The highest BCUT2D eigenvalue weighted by molar-refractivity contribution is 5.77. The fourth-order valence-electron chi connectivity index (χ4n) is 2.64. The van der Waals surface area contributed by atoms with Gasteiger partial charge in [-0.25, -0.2) is 4.98 Å². The van der Waals surface area contributed by atoms with Crippen molar-refractivity contribution >= 4 is 17.1 Å². The fraction of sp³-hybridized carbons (Fsp3) is 0.667. The van der Waals surface area contributed by atoms with Crippen molar-refractivity contribution in [1.82, 2.24) is 19.3 Å². The maximum Gasteiger partial charge on any atom is 0.202 e. The molecule has 0 saturated heterocycles. The molecule has 1 aliphatic rings. The minimum absolute atomic E-state index is 0.455. The molecule has 0 radical (unpaired) electrons. The number of nitrogen functional groups attached to an aromatic ring is 1. The van der Waals surface area contributed by atoms with E-state index in [2.05, 4.69) is 28.5 Å². The summed E-state index contributed by atoms with van der Waals surface area (Å²) in [5.41, 5.74) is 9.39. The molecular formula is C12H19N5. The van der Waals surface area contributed by atoms with Crippen molar-refractivity contribution in [3.63, 3.8) is 0 Å². The molecule has 2 aromatic heterocycles. The number of fused-ring (bicyclic) bond motifs is 1. The summed E-state index contributed by atoms with van der Waals surface area (Å²) in [6, 6.07) is 0. The number of rotatable bonds is 2. The molecule has 2 N–H and O–H groups in total. The van der Waals surface area contributed by atoms with Crippen LogP contribution in [0.3, 0.4) is 0 Å². The Morgan fingerprint density at radius 2 is 2.12 bits per heavy atom. The van der Waals surface area contributed by atoms with Gasteiger partial charge in [0.05, 0.1) is 5.69 Å². The number of hydrogen-bond acceptors (Lipinski definition) is 3. The third kappa shape index (κ3) is 1.45. The van der Waals surface area contributed by atoms with Crippen molar-refractivity contribution in [3.8, 4) is 0 Å². The molecule has 3 rings (SSSR count). The smallest absolute Gasteiger partial charge is 0.202 e. The highest BCUT2D eigenvalue weighted by Gasteiger charge is 2.45. The standard InChI is InChI=1S/C12H19N5/c1-7-9-10(16(4)15-7)17(11(13)14-9)6-8-5-12(8,2)3/h8H,5-6H2,1-4H3,(H2,13,14). The van der Waals surface area contributed by atoms with E-state index in [1.165, 1.54) is 6.42 Å². The van der Waals surface area contributed by atoms with E-state index in [9.17, 15) is 0 Å². The van der Waals surface area contributed by atoms with Gasteiger partial charge in [0.15, 0.2) is 5.65 Å². The zero-order valence-electron chi connectivity index (χ0n) is 10.9. The lowest BCUT2D eigenvalue weighted by atomic mass is 10.1. The zero-order valence-corrected chi connectivity index (χ0v) is 10.9. The van der Waals surface area contributed by atoms with E-state index in [0.29, 0.717) is 17.3 Å². The van der Waals surface area contributed by atoms with E-state index in [4.69, 9.17) is 5.73 Å². The summed E-state index contributed by atoms with van der Waals surface area (Å²) < 4.78 is 3.98. The van der Waals surface area contributed by atoms with E-state index in [1.54, 1.807) is 0 Å². The Kier molecular flexibility index (Phi) is 1.89. The van der Waals surface area contributed by atoms with E-state index in [-0.39, 0.29) is 0 Å². The van der Waals surface area contributed by atoms with Gasteiger partial charge in [-0.3, -0.25) is 9.25 Å². The van der Waals surface area contributed by atoms with Crippen molar-refractivity contribution in [2.45, 2.75) is 33.7 Å². The number of aromatic nitrogens is 4. The third-order valence-electron chi connectivity index (χ3n) is 4.04. The molecule has 92 valence electrons. The number of anilines is 1. The van der Waals surface area contributed by atoms with E-state index >= 15 is 0 Å². The molecule has 1 unspecified atom stereocenters. The molecule has 0 aliphatic heterocycles. The number of hydrogen-bond donors (Lipinski definition) is 1. The minimum atomic E-state index is 0.455. The van der Waals surface area contributed by atoms with Gasteiger partial charge in [-0.05, 0) is 24.7 Å². The molecule has 1 aliphatic carbocycles. The highest BCUT2D eigenvalue weighted by Crippen LogP contribution is 2.52. The van der Waals surface area contributed by atoms with Crippen LogP contribution in [0.2, 0.25) is 0 Å². The van der Waals surface area contributed by atoms with Crippen LogP contribution in [0.1, 0.15) is 26.0 Å². The second-order valence-corrected chi connectivity index (χ2v) is 5.85. The third-order valence-corrected chi connectivity index (χ3v) is 4.04. The van der Waals surface area contributed by atoms with Crippen LogP contribution < -0.4 is 5.73 Å². The Balaban J connectivity index is 2.06. The Morgan fingerprint density at radius 3 is 2.71 bits per heavy atom. The molecule has 0 amide bonds. The van der Waals surface area contributed by atoms with Gasteiger partial charge in [-0.1, -0.05) is 13.8 Å². The van der Waals surface area contributed by atoms with Gasteiger partial charge in [0.2, 0.25) is 5.95 Å². The number of aryl methyl sites for hydroxylation is 2. The Bertz CT molecular complexity index is 590. The first-order valence-electron chi connectivity index (χ1n) is 6.05. The van der Waals surface area contributed by atoms with Gasteiger partial charge in [0.1, 0.15) is 5.52 Å². The normalized spacial score (nSPS) is 22.2. The molecule has 2 heterocycles. The molecule has 1 saturated carbocycles. The summed E-state index contributed by atoms with van der Waals surface area (Å²) in [5.74, 6) is 1.32. The van der Waals surface area contributed by atoms with Crippen LogP contribution in [0.5, 0.6) is 0 Å². The predicted octanol–water partition coefficient (Wildman–Crippen LogP) is 1.71. The van der Waals surface area contributed by atoms with Crippen LogP contribution in [0.15, 0.2) is 0 Å². The first-order valence-corrected chi connectivity index (χ1v) is 6.05. The van der Waals surface area contributed by atoms with Gasteiger partial charge < -0.3 is 5.73 Å². The molecule has 1 fully saturated rings. The van der Waals surface area contributed by atoms with Gasteiger partial charge in [-0.2, -0.15) is 5.10 Å². The molecule has 17 heavy (non-hydrogen) atoms. The first-order chi connectivity index (χ1) is 7.90. The molecule has 1 atom stereocenters. The van der Waals surface area contributed by atoms with E-state index < -0.39 is 0 Å². The maximum absolute atomic E-state index is 6.01. The summed E-state index contributed by atoms with van der Waals surface area (Å²) >= 11 is 0. The minimum Gasteiger partial charge on any atom is -0.369 e. The van der Waals surface area contributed by atoms with Crippen LogP contribution in [0.25, 0.3) is 11.2 Å². The largest absolute Gasteiger partial charge is 0.369 e. The second kappa shape index (κ2) is 3.03. The predicted molar refractivity (Wildman–Crippen MR) is 67.5 cm³/mol. The second-order valence-electron chi connectivity index (χ2n) is 5.85. The van der Waals surface area contributed by atoms with Gasteiger partial charge in [0, 0.05) is 13.6 Å². The lowest BCUT2D eigenvalue weighted by molar-refractivity contribution is 0.502. The van der Waals surface area contributed by atoms with Crippen molar-refractivity contribution in [3.05, 3.63) is 5.69 Å². The van der Waals surface area contributed by atoms with Crippen LogP contribution in [-0.2, 0) is 13.6 Å². The molecule has 5 nitrogen and oxygen atoms in total. The first kappa shape index (κ1) is 10.6. The Labute approximate surface area is 101 Å². The molecule has 2 aromatic rings. The average molecular weight is 233 g/mol. The quantitative estimate of drug-likeness (QED) is 0.859. The molecule has 0 spiro atoms. The maximum atomic E-state index is 6.01. The lowest BCUT2D eigenvalue weighted by Crippen LogP contribution is -2.10. The van der Waals surface area contributed by atoms with E-state index in [0.717, 1.165) is 23.4 Å². The van der Waals surface area contributed by atoms with Crippen LogP contribution in [0.4, 0.5) is 5.95 Å². The van der Waals surface area contributed by atoms with Crippen LogP contribution >= 0.6 is 0 Å². The number of nitrogens with two attached hydrogens (primary N) is 1. The van der Waals surface area contributed by atoms with Gasteiger partial charge >= 0.3 is 0 Å². The lowest BCUT2D eigenvalue weighted by Gasteiger charge is -2.08. The summed E-state index contributed by atoms with van der Waals surface area (Å²) in [7, 11) is 1.95. The number of nitrogens with zero attached hydrogens (tertiary/aromatic N) is 4. The van der Waals surface area contributed by atoms with Gasteiger partial charge in [0.25, 0.3) is 0 Å². The van der Waals surface area contributed by atoms with Crippen molar-refractivity contribution in [1.29, 1.82) is 0 Å². The van der Waals surface area contributed by atoms with Crippen molar-refractivity contribution < 1.29 is 0 Å². The summed E-state index contributed by atoms with van der Waals surface area (Å²) in [4.78, 5) is 4.42. The SMILES string of the molecule is Cc1nn(C)c2c1nc(N)n2CC1CC1(C)C. The molecule has 0 bridgehead atoms. The van der Waals surface area contributed by atoms with Crippen molar-refractivity contribution in [2.24, 2.45) is 18.4 Å². The Morgan fingerprint density at radius 1 is 1.47 bits per heavy atom. The zero-order chi connectivity index (χ0) is 12.4. The Hall–Kier alpha value is -1.52. The average Bonchev–Trinajstić information content (AvgIpc) is 2.54. The van der Waals surface area contributed by atoms with Crippen LogP contribution in [0, 0.1) is 18.3 Å². The number of imidazole rings is 1. The fourth-order valence-corrected chi connectivity index (χ4v) is 2.64. The summed E-state index contributed by atoms with van der Waals surface area (Å²) in [6.07, 6.45) is 1.27. The van der Waals surface area contributed by atoms with Crippen LogP contribution in [-0.4, -0.2) is 19.3 Å². The van der Waals surface area contributed by atoms with Crippen molar-refractivity contribution in [2.75, 3.05) is 5.73 Å².